The summed E-state index contributed by atoms with van der Waals surface area (Å²) < 4.78 is 5.81. The van der Waals surface area contributed by atoms with E-state index in [0.29, 0.717) is 0 Å². The molecule has 7 nitrogen and oxygen atoms in total. The number of rotatable bonds is 10. The first-order valence-electron chi connectivity index (χ1n) is 13.2. The van der Waals surface area contributed by atoms with Crippen molar-refractivity contribution < 1.29 is 24.2 Å². The predicted octanol–water partition coefficient (Wildman–Crippen LogP) is 5.25. The van der Waals surface area contributed by atoms with Crippen LogP contribution >= 0.6 is 0 Å². The summed E-state index contributed by atoms with van der Waals surface area (Å²) >= 11 is 0. The lowest BCUT2D eigenvalue weighted by molar-refractivity contribution is -0.141. The van der Waals surface area contributed by atoms with Gasteiger partial charge in [-0.3, -0.25) is 9.69 Å². The number of carbonyl (C=O) groups is 3. The van der Waals surface area contributed by atoms with Gasteiger partial charge in [-0.1, -0.05) is 109 Å². The van der Waals surface area contributed by atoms with Crippen LogP contribution in [0.4, 0.5) is 4.79 Å². The number of carboxylic acid groups (broad SMARTS) is 1. The number of amides is 2. The maximum Gasteiger partial charge on any atom is 0.410 e. The lowest BCUT2D eigenvalue weighted by Crippen LogP contribution is -2.47. The largest absolute Gasteiger partial charge is 0.480 e. The standard InChI is InChI=1S/C33H30N2O5/c36-31(34-30(32(37)38)19-23-11-3-1-4-12-23)21-35(20-24-13-5-2-6-14-24)33(39)40-22-29-27-17-9-7-15-25(27)26-16-8-10-18-28(26)29/h1-18,29-30H,19-22H2,(H,34,36)(H,37,38)/t30-/m0/s1. The molecule has 0 saturated carbocycles. The fraction of sp³-hybridized carbons (Fsp3) is 0.182. The summed E-state index contributed by atoms with van der Waals surface area (Å²) in [5.41, 5.74) is 6.04. The highest BCUT2D eigenvalue weighted by molar-refractivity contribution is 5.87. The van der Waals surface area contributed by atoms with Crippen LogP contribution in [-0.4, -0.2) is 47.2 Å². The molecule has 40 heavy (non-hydrogen) atoms. The Morgan fingerprint density at radius 2 is 1.27 bits per heavy atom. The lowest BCUT2D eigenvalue weighted by atomic mass is 9.98. The van der Waals surface area contributed by atoms with E-state index in [0.717, 1.165) is 33.4 Å². The molecule has 0 aliphatic heterocycles. The molecule has 1 aliphatic rings. The van der Waals surface area contributed by atoms with Crippen molar-refractivity contribution in [3.8, 4) is 11.1 Å². The Morgan fingerprint density at radius 1 is 0.750 bits per heavy atom. The van der Waals surface area contributed by atoms with E-state index in [4.69, 9.17) is 4.74 Å². The lowest BCUT2D eigenvalue weighted by Gasteiger charge is -2.24. The van der Waals surface area contributed by atoms with Gasteiger partial charge >= 0.3 is 12.1 Å². The Hall–Kier alpha value is -4.91. The van der Waals surface area contributed by atoms with Crippen molar-refractivity contribution in [2.24, 2.45) is 0 Å². The quantitative estimate of drug-likeness (QED) is 0.290. The zero-order chi connectivity index (χ0) is 27.9. The second-order valence-corrected chi connectivity index (χ2v) is 9.79. The number of carbonyl (C=O) groups excluding carboxylic acids is 2. The number of ether oxygens (including phenoxy) is 1. The van der Waals surface area contributed by atoms with Crippen molar-refractivity contribution >= 4 is 18.0 Å². The predicted molar refractivity (Wildman–Crippen MR) is 152 cm³/mol. The number of benzene rings is 4. The molecular weight excluding hydrogens is 504 g/mol. The maximum absolute atomic E-state index is 13.4. The second kappa shape index (κ2) is 12.3. The highest BCUT2D eigenvalue weighted by Crippen LogP contribution is 2.44. The minimum absolute atomic E-state index is 0.117. The molecule has 1 aliphatic carbocycles. The van der Waals surface area contributed by atoms with E-state index in [2.05, 4.69) is 17.4 Å². The number of aliphatic carboxylic acids is 1. The van der Waals surface area contributed by atoms with Crippen LogP contribution in [0.15, 0.2) is 109 Å². The van der Waals surface area contributed by atoms with Gasteiger partial charge in [0.2, 0.25) is 5.91 Å². The van der Waals surface area contributed by atoms with Gasteiger partial charge in [0, 0.05) is 18.9 Å². The van der Waals surface area contributed by atoms with Crippen LogP contribution in [0, 0.1) is 0 Å². The third-order valence-electron chi connectivity index (χ3n) is 7.06. The highest BCUT2D eigenvalue weighted by atomic mass is 16.6. The van der Waals surface area contributed by atoms with Crippen molar-refractivity contribution in [3.63, 3.8) is 0 Å². The molecule has 0 unspecified atom stereocenters. The van der Waals surface area contributed by atoms with E-state index in [1.54, 1.807) is 12.1 Å². The Kier molecular flexibility index (Phi) is 8.21. The normalized spacial score (nSPS) is 12.6. The minimum Gasteiger partial charge on any atom is -0.480 e. The molecule has 0 bridgehead atoms. The van der Waals surface area contributed by atoms with Crippen LogP contribution in [-0.2, 0) is 27.3 Å². The molecule has 0 heterocycles. The molecule has 0 saturated heterocycles. The van der Waals surface area contributed by atoms with Gasteiger partial charge in [0.25, 0.3) is 0 Å². The summed E-state index contributed by atoms with van der Waals surface area (Å²) in [7, 11) is 0. The van der Waals surface area contributed by atoms with Crippen LogP contribution < -0.4 is 5.32 Å². The highest BCUT2D eigenvalue weighted by Gasteiger charge is 2.30. The van der Waals surface area contributed by atoms with Crippen LogP contribution in [0.5, 0.6) is 0 Å². The first-order chi connectivity index (χ1) is 19.5. The number of hydrogen-bond acceptors (Lipinski definition) is 4. The Labute approximate surface area is 233 Å². The first kappa shape index (κ1) is 26.7. The second-order valence-electron chi connectivity index (χ2n) is 9.79. The van der Waals surface area contributed by atoms with Crippen molar-refractivity contribution in [1.82, 2.24) is 10.2 Å². The van der Waals surface area contributed by atoms with Gasteiger partial charge in [-0.25, -0.2) is 9.59 Å². The van der Waals surface area contributed by atoms with Gasteiger partial charge in [-0.15, -0.1) is 0 Å². The van der Waals surface area contributed by atoms with Crippen LogP contribution in [0.25, 0.3) is 11.1 Å². The monoisotopic (exact) mass is 534 g/mol. The van der Waals surface area contributed by atoms with Gasteiger partial charge < -0.3 is 15.2 Å². The summed E-state index contributed by atoms with van der Waals surface area (Å²) in [4.78, 5) is 39.6. The summed E-state index contributed by atoms with van der Waals surface area (Å²) in [6.45, 7) is -0.0863. The SMILES string of the molecule is O=C(CN(Cc1ccccc1)C(=O)OCC1c2ccccc2-c2ccccc21)N[C@@H](Cc1ccccc1)C(=O)O. The number of hydrogen-bond donors (Lipinski definition) is 2. The van der Waals surface area contributed by atoms with Gasteiger partial charge in [-0.2, -0.15) is 0 Å². The van der Waals surface area contributed by atoms with E-state index in [-0.39, 0.29) is 32.0 Å². The molecule has 0 aromatic heterocycles. The van der Waals surface area contributed by atoms with Crippen LogP contribution in [0.3, 0.4) is 0 Å². The smallest absolute Gasteiger partial charge is 0.410 e. The van der Waals surface area contributed by atoms with E-state index in [9.17, 15) is 19.5 Å². The zero-order valence-electron chi connectivity index (χ0n) is 21.9. The fourth-order valence-electron chi connectivity index (χ4n) is 5.14. The number of fused-ring (bicyclic) bond motifs is 3. The van der Waals surface area contributed by atoms with Crippen molar-refractivity contribution in [3.05, 3.63) is 131 Å². The maximum atomic E-state index is 13.4. The van der Waals surface area contributed by atoms with Crippen molar-refractivity contribution in [1.29, 1.82) is 0 Å². The molecule has 0 fully saturated rings. The van der Waals surface area contributed by atoms with E-state index >= 15 is 0 Å². The minimum atomic E-state index is -1.15. The Balaban J connectivity index is 1.29. The summed E-state index contributed by atoms with van der Waals surface area (Å²) in [5.74, 6) is -1.84. The Bertz CT molecular complexity index is 1440. The fourth-order valence-corrected chi connectivity index (χ4v) is 5.14. The molecule has 2 amide bonds. The third kappa shape index (κ3) is 6.21. The van der Waals surface area contributed by atoms with Gasteiger partial charge in [0.05, 0.1) is 0 Å². The van der Waals surface area contributed by atoms with E-state index in [1.807, 2.05) is 84.9 Å². The van der Waals surface area contributed by atoms with Crippen molar-refractivity contribution in [2.75, 3.05) is 13.2 Å². The van der Waals surface area contributed by atoms with Gasteiger partial charge in [0.1, 0.15) is 19.2 Å². The molecular formula is C33H30N2O5. The topological polar surface area (TPSA) is 95.9 Å². The number of nitrogens with zero attached hydrogens (tertiary/aromatic N) is 1. The van der Waals surface area contributed by atoms with Gasteiger partial charge in [-0.05, 0) is 33.4 Å². The molecule has 2 N–H and O–H groups in total. The Morgan fingerprint density at radius 3 is 1.85 bits per heavy atom. The molecule has 5 rings (SSSR count). The molecule has 202 valence electrons. The first-order valence-corrected chi connectivity index (χ1v) is 13.2. The molecule has 4 aromatic carbocycles. The molecule has 0 radical (unpaired) electrons. The summed E-state index contributed by atoms with van der Waals surface area (Å²) in [5, 5.41) is 12.3. The zero-order valence-corrected chi connectivity index (χ0v) is 21.9. The molecule has 4 aromatic rings. The summed E-state index contributed by atoms with van der Waals surface area (Å²) in [6, 6.07) is 33.4. The molecule has 1 atom stereocenters. The van der Waals surface area contributed by atoms with Gasteiger partial charge in [0.15, 0.2) is 0 Å². The van der Waals surface area contributed by atoms with E-state index < -0.39 is 24.0 Å². The molecule has 7 heteroatoms. The number of nitrogens with one attached hydrogen (secondary N) is 1. The van der Waals surface area contributed by atoms with Crippen molar-refractivity contribution in [2.45, 2.75) is 24.9 Å². The molecule has 0 spiro atoms. The van der Waals surface area contributed by atoms with E-state index in [1.165, 1.54) is 4.90 Å². The van der Waals surface area contributed by atoms with Crippen LogP contribution in [0.2, 0.25) is 0 Å². The van der Waals surface area contributed by atoms with Crippen LogP contribution in [0.1, 0.15) is 28.2 Å². The average molecular weight is 535 g/mol. The summed E-state index contributed by atoms with van der Waals surface area (Å²) in [6.07, 6.45) is -0.512. The average Bonchev–Trinajstić information content (AvgIpc) is 3.30. The number of carboxylic acids is 1. The third-order valence-corrected chi connectivity index (χ3v) is 7.06.